The van der Waals surface area contributed by atoms with E-state index in [1.54, 1.807) is 0 Å². The second-order valence-electron chi connectivity index (χ2n) is 7.87. The van der Waals surface area contributed by atoms with Gasteiger partial charge in [-0.3, -0.25) is 8.42 Å². The fourth-order valence-electron chi connectivity index (χ4n) is 3.36. The molecule has 0 bridgehead atoms. The zero-order chi connectivity index (χ0) is 22.3. The van der Waals surface area contributed by atoms with Crippen molar-refractivity contribution < 1.29 is 81.4 Å². The number of hydrogen-bond donors (Lipinski definition) is 0. The molecule has 1 rings (SSSR count). The van der Waals surface area contributed by atoms with E-state index in [0.29, 0.717) is 0 Å². The van der Waals surface area contributed by atoms with Crippen molar-refractivity contribution in [1.29, 1.82) is 0 Å². The molecule has 0 heterocycles. The van der Waals surface area contributed by atoms with Gasteiger partial charge in [0.25, 0.3) is 0 Å². The summed E-state index contributed by atoms with van der Waals surface area (Å²) in [6.07, 6.45) is 22.6. The monoisotopic (exact) mass is 488 g/mol. The Morgan fingerprint density at radius 2 is 0.938 bits per heavy atom. The van der Waals surface area contributed by atoms with Crippen molar-refractivity contribution in [3.63, 3.8) is 0 Å². The number of unbranched alkanes of at least 4 members (excludes halogenated alkanes) is 15. The summed E-state index contributed by atoms with van der Waals surface area (Å²) < 4.78 is 39.8. The molecule has 0 N–H and O–H groups in total. The van der Waals surface area contributed by atoms with Crippen molar-refractivity contribution in [3.05, 3.63) is 30.3 Å². The van der Waals surface area contributed by atoms with E-state index in [0.717, 1.165) is 12.4 Å². The SMILES string of the molecule is CCCCCCCCCCCCCCCCCCOc1ccccc1.O=S(=O)([O-])[O-].[Na+].[Na+]. The maximum absolute atomic E-state index is 8.52. The van der Waals surface area contributed by atoms with Gasteiger partial charge in [0.2, 0.25) is 0 Å². The molecule has 0 aliphatic heterocycles. The van der Waals surface area contributed by atoms with Crippen molar-refractivity contribution in [3.8, 4) is 5.75 Å². The zero-order valence-electron chi connectivity index (χ0n) is 20.9. The summed E-state index contributed by atoms with van der Waals surface area (Å²) in [5.41, 5.74) is 0. The summed E-state index contributed by atoms with van der Waals surface area (Å²) >= 11 is 0. The van der Waals surface area contributed by atoms with Crippen molar-refractivity contribution in [2.75, 3.05) is 6.61 Å². The number of hydrogen-bond acceptors (Lipinski definition) is 5. The third kappa shape index (κ3) is 35.5. The minimum Gasteiger partial charge on any atom is -0.759 e. The average Bonchev–Trinajstić information content (AvgIpc) is 2.70. The summed E-state index contributed by atoms with van der Waals surface area (Å²) in [6.45, 7) is 3.16. The van der Waals surface area contributed by atoms with Gasteiger partial charge < -0.3 is 13.8 Å². The van der Waals surface area contributed by atoms with Gasteiger partial charge in [0, 0.05) is 10.4 Å². The van der Waals surface area contributed by atoms with Gasteiger partial charge >= 0.3 is 59.1 Å². The van der Waals surface area contributed by atoms with Gasteiger partial charge in [-0.1, -0.05) is 121 Å². The van der Waals surface area contributed by atoms with Gasteiger partial charge in [0.05, 0.1) is 6.61 Å². The molecule has 0 aliphatic rings. The second-order valence-corrected chi connectivity index (χ2v) is 8.69. The summed E-state index contributed by atoms with van der Waals surface area (Å²) in [5, 5.41) is 0. The summed E-state index contributed by atoms with van der Waals surface area (Å²) in [6, 6.07) is 10.2. The largest absolute Gasteiger partial charge is 1.00 e. The number of rotatable bonds is 18. The molecule has 0 aliphatic carbocycles. The standard InChI is InChI=1S/C24H42O.2Na.H2O4S/c1-2-3-4-5-6-7-8-9-10-11-12-13-14-15-16-20-23-25-24-21-18-17-19-22-24;;;1-5(2,3)4/h17-19,21-22H,2-16,20,23H2,1H3;;;(H2,1,2,3,4)/q;2*+1;/p-2. The van der Waals surface area contributed by atoms with Crippen LogP contribution in [0, 0.1) is 0 Å². The Kier molecular flexibility index (Phi) is 32.9. The van der Waals surface area contributed by atoms with E-state index >= 15 is 0 Å². The number of benzene rings is 1. The van der Waals surface area contributed by atoms with Crippen LogP contribution in [0.4, 0.5) is 0 Å². The smallest absolute Gasteiger partial charge is 0.759 e. The molecule has 0 aromatic heterocycles. The van der Waals surface area contributed by atoms with Crippen LogP contribution in [0.2, 0.25) is 0 Å². The van der Waals surface area contributed by atoms with Gasteiger partial charge in [-0.05, 0) is 18.6 Å². The Balaban J connectivity index is -0.00000108. The molecule has 1 aromatic rings. The third-order valence-electron chi connectivity index (χ3n) is 5.01. The molecular formula is C24H42Na2O5S. The first-order chi connectivity index (χ1) is 14.4. The Hall–Kier alpha value is 0.890. The van der Waals surface area contributed by atoms with Crippen LogP contribution in [0.1, 0.15) is 110 Å². The van der Waals surface area contributed by atoms with E-state index in [-0.39, 0.29) is 59.1 Å². The van der Waals surface area contributed by atoms with Gasteiger partial charge in [0.15, 0.2) is 0 Å². The Labute approximate surface area is 242 Å². The molecule has 0 atom stereocenters. The Morgan fingerprint density at radius 1 is 0.625 bits per heavy atom. The maximum atomic E-state index is 8.52. The fraction of sp³-hybridized carbons (Fsp3) is 0.750. The molecule has 0 spiro atoms. The fourth-order valence-corrected chi connectivity index (χ4v) is 3.36. The maximum Gasteiger partial charge on any atom is 1.00 e. The molecule has 0 amide bonds. The normalized spacial score (nSPS) is 10.3. The number of para-hydroxylation sites is 1. The Bertz CT molecular complexity index is 563. The van der Waals surface area contributed by atoms with Crippen molar-refractivity contribution >= 4 is 10.4 Å². The molecule has 1 aromatic carbocycles. The van der Waals surface area contributed by atoms with Gasteiger partial charge in [-0.15, -0.1) is 0 Å². The molecular weight excluding hydrogens is 446 g/mol. The third-order valence-corrected chi connectivity index (χ3v) is 5.01. The van der Waals surface area contributed by atoms with E-state index < -0.39 is 10.4 Å². The minimum atomic E-state index is -5.17. The van der Waals surface area contributed by atoms with Crippen LogP contribution in [0.3, 0.4) is 0 Å². The first kappa shape index (κ1) is 37.4. The van der Waals surface area contributed by atoms with E-state index in [9.17, 15) is 0 Å². The van der Waals surface area contributed by atoms with Crippen LogP contribution in [0.5, 0.6) is 5.75 Å². The van der Waals surface area contributed by atoms with Crippen molar-refractivity contribution in [2.24, 2.45) is 0 Å². The molecule has 0 saturated carbocycles. The summed E-state index contributed by atoms with van der Waals surface area (Å²) in [7, 11) is -5.17. The van der Waals surface area contributed by atoms with Crippen LogP contribution < -0.4 is 63.9 Å². The van der Waals surface area contributed by atoms with Crippen LogP contribution in [0.25, 0.3) is 0 Å². The van der Waals surface area contributed by atoms with Crippen molar-refractivity contribution in [2.45, 2.75) is 110 Å². The minimum absolute atomic E-state index is 0. The molecule has 0 unspecified atom stereocenters. The number of ether oxygens (including phenoxy) is 1. The summed E-state index contributed by atoms with van der Waals surface area (Å²) in [5.74, 6) is 1.00. The predicted octanol–water partition coefficient (Wildman–Crippen LogP) is 0.997. The molecule has 0 radical (unpaired) electrons. The van der Waals surface area contributed by atoms with Gasteiger partial charge in [-0.2, -0.15) is 0 Å². The molecule has 0 fully saturated rings. The van der Waals surface area contributed by atoms with Crippen LogP contribution >= 0.6 is 0 Å². The average molecular weight is 489 g/mol. The van der Waals surface area contributed by atoms with Gasteiger partial charge in [-0.25, -0.2) is 0 Å². The van der Waals surface area contributed by atoms with Crippen LogP contribution in [-0.4, -0.2) is 24.1 Å². The van der Waals surface area contributed by atoms with E-state index in [1.165, 1.54) is 103 Å². The topological polar surface area (TPSA) is 89.5 Å². The van der Waals surface area contributed by atoms with Gasteiger partial charge in [0.1, 0.15) is 5.75 Å². The van der Waals surface area contributed by atoms with E-state index in [2.05, 4.69) is 6.92 Å². The molecule has 5 nitrogen and oxygen atoms in total. The predicted molar refractivity (Wildman–Crippen MR) is 122 cm³/mol. The molecule has 32 heavy (non-hydrogen) atoms. The van der Waals surface area contributed by atoms with E-state index in [1.807, 2.05) is 30.3 Å². The van der Waals surface area contributed by atoms with Crippen molar-refractivity contribution in [1.82, 2.24) is 0 Å². The molecule has 8 heteroatoms. The molecule has 0 saturated heterocycles. The van der Waals surface area contributed by atoms with Crippen LogP contribution in [0.15, 0.2) is 30.3 Å². The van der Waals surface area contributed by atoms with E-state index in [4.69, 9.17) is 22.3 Å². The Morgan fingerprint density at radius 3 is 1.28 bits per heavy atom. The quantitative estimate of drug-likeness (QED) is 0.133. The first-order valence-electron chi connectivity index (χ1n) is 11.8. The summed E-state index contributed by atoms with van der Waals surface area (Å²) in [4.78, 5) is 0. The second kappa shape index (κ2) is 28.1. The first-order valence-corrected chi connectivity index (χ1v) is 13.1. The zero-order valence-corrected chi connectivity index (χ0v) is 25.7. The van der Waals surface area contributed by atoms with Crippen LogP contribution in [-0.2, 0) is 10.4 Å². The molecule has 176 valence electrons.